The van der Waals surface area contributed by atoms with Gasteiger partial charge in [-0.25, -0.2) is 4.98 Å². The van der Waals surface area contributed by atoms with Gasteiger partial charge in [0.25, 0.3) is 0 Å². The van der Waals surface area contributed by atoms with Gasteiger partial charge in [-0.3, -0.25) is 4.98 Å². The highest BCUT2D eigenvalue weighted by Gasteiger charge is 2.13. The van der Waals surface area contributed by atoms with Crippen molar-refractivity contribution >= 4 is 43.7 Å². The quantitative estimate of drug-likeness (QED) is 0.420. The Hall–Kier alpha value is -2.68. The largest absolute Gasteiger partial charge is 0.338 e. The van der Waals surface area contributed by atoms with E-state index in [-0.39, 0.29) is 0 Å². The molecular formula is C16H9N3. The predicted octanol–water partition coefficient (Wildman–Crippen LogP) is 3.86. The molecule has 0 fully saturated rings. The molecule has 2 bridgehead atoms. The van der Waals surface area contributed by atoms with Gasteiger partial charge in [-0.1, -0.05) is 30.3 Å². The number of rotatable bonds is 0. The molecule has 0 aliphatic carbocycles. The average Bonchev–Trinajstić information content (AvgIpc) is 2.88. The first kappa shape index (κ1) is 9.28. The van der Waals surface area contributed by atoms with E-state index in [2.05, 4.69) is 51.4 Å². The highest BCUT2D eigenvalue weighted by atomic mass is 14.9. The fourth-order valence-corrected chi connectivity index (χ4v) is 2.97. The zero-order valence-electron chi connectivity index (χ0n) is 10.0. The number of aromatic amines is 1. The number of aromatic nitrogens is 3. The molecule has 5 rings (SSSR count). The number of nitrogens with zero attached hydrogens (tertiary/aromatic N) is 2. The number of hydrogen-bond acceptors (Lipinski definition) is 2. The number of nitrogens with one attached hydrogen (secondary N) is 1. The van der Waals surface area contributed by atoms with Gasteiger partial charge < -0.3 is 4.98 Å². The van der Waals surface area contributed by atoms with E-state index in [1.54, 1.807) is 0 Å². The zero-order chi connectivity index (χ0) is 12.4. The highest BCUT2D eigenvalue weighted by molar-refractivity contribution is 6.24. The fourth-order valence-electron chi connectivity index (χ4n) is 2.97. The third-order valence-corrected chi connectivity index (χ3v) is 3.81. The van der Waals surface area contributed by atoms with Crippen molar-refractivity contribution in [3.63, 3.8) is 0 Å². The molecule has 3 aromatic heterocycles. The molecule has 3 heteroatoms. The normalized spacial score (nSPS) is 12.2. The van der Waals surface area contributed by atoms with E-state index in [1.165, 1.54) is 16.2 Å². The number of benzene rings is 2. The number of pyridine rings is 2. The Morgan fingerprint density at radius 3 is 2.74 bits per heavy atom. The maximum atomic E-state index is 4.65. The number of hydrogen-bond donors (Lipinski definition) is 1. The maximum absolute atomic E-state index is 4.65. The number of H-pyrrole nitrogens is 1. The number of para-hydroxylation sites is 2. The summed E-state index contributed by atoms with van der Waals surface area (Å²) in [6.45, 7) is 0. The molecule has 0 unspecified atom stereocenters. The van der Waals surface area contributed by atoms with Crippen LogP contribution in [0, 0.1) is 0 Å². The Bertz CT molecular complexity index is 1050. The Labute approximate surface area is 108 Å². The van der Waals surface area contributed by atoms with Gasteiger partial charge in [0, 0.05) is 27.7 Å². The number of imidazole rings is 1. The lowest BCUT2D eigenvalue weighted by molar-refractivity contribution is 1.42. The maximum Gasteiger partial charge on any atom is 0.140 e. The smallest absolute Gasteiger partial charge is 0.140 e. The molecule has 3 heterocycles. The summed E-state index contributed by atoms with van der Waals surface area (Å²) in [5.41, 5.74) is 4.09. The van der Waals surface area contributed by atoms with E-state index in [0.29, 0.717) is 0 Å². The van der Waals surface area contributed by atoms with Crippen LogP contribution in [0.2, 0.25) is 0 Å². The van der Waals surface area contributed by atoms with Crippen molar-refractivity contribution in [2.75, 3.05) is 0 Å². The van der Waals surface area contributed by atoms with E-state index in [4.69, 9.17) is 0 Å². The average molecular weight is 243 g/mol. The predicted molar refractivity (Wildman–Crippen MR) is 77.6 cm³/mol. The molecule has 0 amide bonds. The monoisotopic (exact) mass is 243 g/mol. The SMILES string of the molecule is c1ccc2c(c1)ncc1c3nc4c(cccc4c21)[nH]3. The molecule has 0 aliphatic rings. The molecule has 19 heavy (non-hydrogen) atoms. The van der Waals surface area contributed by atoms with Crippen molar-refractivity contribution in [1.82, 2.24) is 15.0 Å². The summed E-state index contributed by atoms with van der Waals surface area (Å²) in [7, 11) is 0. The number of fused-ring (bicyclic) bond motifs is 6. The van der Waals surface area contributed by atoms with E-state index in [9.17, 15) is 0 Å². The van der Waals surface area contributed by atoms with Crippen LogP contribution >= 0.6 is 0 Å². The second-order valence-electron chi connectivity index (χ2n) is 4.85. The van der Waals surface area contributed by atoms with Crippen molar-refractivity contribution < 1.29 is 0 Å². The molecule has 0 aliphatic heterocycles. The molecule has 0 saturated carbocycles. The van der Waals surface area contributed by atoms with Crippen molar-refractivity contribution in [3.05, 3.63) is 48.7 Å². The summed E-state index contributed by atoms with van der Waals surface area (Å²) in [6.07, 6.45) is 1.92. The minimum atomic E-state index is 0.918. The lowest BCUT2D eigenvalue weighted by Crippen LogP contribution is -1.85. The lowest BCUT2D eigenvalue weighted by Gasteiger charge is -2.05. The van der Waals surface area contributed by atoms with Crippen LogP contribution in [0.15, 0.2) is 48.7 Å². The molecule has 1 N–H and O–H groups in total. The van der Waals surface area contributed by atoms with Gasteiger partial charge in [0.15, 0.2) is 0 Å². The topological polar surface area (TPSA) is 41.6 Å². The van der Waals surface area contributed by atoms with Gasteiger partial charge in [-0.15, -0.1) is 0 Å². The van der Waals surface area contributed by atoms with Crippen LogP contribution in [0.5, 0.6) is 0 Å². The van der Waals surface area contributed by atoms with Gasteiger partial charge in [0.2, 0.25) is 0 Å². The van der Waals surface area contributed by atoms with Crippen molar-refractivity contribution in [2.24, 2.45) is 0 Å². The zero-order valence-corrected chi connectivity index (χ0v) is 10.0. The molecular weight excluding hydrogens is 234 g/mol. The summed E-state index contributed by atoms with van der Waals surface area (Å²) in [6, 6.07) is 14.5. The first-order valence-corrected chi connectivity index (χ1v) is 6.29. The van der Waals surface area contributed by atoms with Crippen molar-refractivity contribution in [1.29, 1.82) is 0 Å². The summed E-state index contributed by atoms with van der Waals surface area (Å²) < 4.78 is 0. The van der Waals surface area contributed by atoms with E-state index >= 15 is 0 Å². The summed E-state index contributed by atoms with van der Waals surface area (Å²) in [5.74, 6) is 0. The molecule has 3 nitrogen and oxygen atoms in total. The van der Waals surface area contributed by atoms with Gasteiger partial charge >= 0.3 is 0 Å². The Morgan fingerprint density at radius 2 is 1.74 bits per heavy atom. The standard InChI is InChI=1S/C16H9N3/c1-2-6-12-9(4-1)14-10-5-3-7-13-15(10)19-16(18-13)11(14)8-17-12/h1-8H,(H,18,19). The van der Waals surface area contributed by atoms with Crippen molar-refractivity contribution in [3.8, 4) is 0 Å². The molecule has 0 atom stereocenters. The molecule has 0 spiro atoms. The minimum Gasteiger partial charge on any atom is -0.338 e. The van der Waals surface area contributed by atoms with Crippen LogP contribution in [0.25, 0.3) is 43.7 Å². The Kier molecular flexibility index (Phi) is 1.47. The third-order valence-electron chi connectivity index (χ3n) is 3.81. The van der Waals surface area contributed by atoms with Crippen LogP contribution in [-0.4, -0.2) is 15.0 Å². The third kappa shape index (κ3) is 1.03. The Balaban J connectivity index is 2.27. The van der Waals surface area contributed by atoms with Crippen LogP contribution in [0.1, 0.15) is 0 Å². The van der Waals surface area contributed by atoms with Crippen LogP contribution in [-0.2, 0) is 0 Å². The molecule has 0 radical (unpaired) electrons. The first-order valence-electron chi connectivity index (χ1n) is 6.29. The van der Waals surface area contributed by atoms with Crippen LogP contribution in [0.4, 0.5) is 0 Å². The summed E-state index contributed by atoms with van der Waals surface area (Å²) in [4.78, 5) is 12.6. The van der Waals surface area contributed by atoms with Crippen LogP contribution in [0.3, 0.4) is 0 Å². The molecule has 5 aromatic rings. The molecule has 0 saturated heterocycles. The van der Waals surface area contributed by atoms with Gasteiger partial charge in [-0.05, 0) is 12.1 Å². The highest BCUT2D eigenvalue weighted by Crippen LogP contribution is 2.34. The fraction of sp³-hybridized carbons (Fsp3) is 0. The van der Waals surface area contributed by atoms with Gasteiger partial charge in [0.1, 0.15) is 5.65 Å². The Morgan fingerprint density at radius 1 is 0.842 bits per heavy atom. The van der Waals surface area contributed by atoms with Gasteiger partial charge in [-0.2, -0.15) is 0 Å². The summed E-state index contributed by atoms with van der Waals surface area (Å²) >= 11 is 0. The van der Waals surface area contributed by atoms with E-state index < -0.39 is 0 Å². The first-order chi connectivity index (χ1) is 9.42. The molecule has 88 valence electrons. The van der Waals surface area contributed by atoms with Gasteiger partial charge in [0.05, 0.1) is 16.6 Å². The van der Waals surface area contributed by atoms with Crippen molar-refractivity contribution in [2.45, 2.75) is 0 Å². The lowest BCUT2D eigenvalue weighted by atomic mass is 10.0. The second-order valence-corrected chi connectivity index (χ2v) is 4.85. The van der Waals surface area contributed by atoms with E-state index in [0.717, 1.165) is 27.6 Å². The summed E-state index contributed by atoms with van der Waals surface area (Å²) in [5, 5.41) is 4.72. The van der Waals surface area contributed by atoms with E-state index in [1.807, 2.05) is 12.3 Å². The minimum absolute atomic E-state index is 0.918. The van der Waals surface area contributed by atoms with Crippen LogP contribution < -0.4 is 0 Å². The second kappa shape index (κ2) is 3.01. The molecule has 2 aromatic carbocycles.